The normalized spacial score (nSPS) is 13.9. The van der Waals surface area contributed by atoms with E-state index < -0.39 is 5.91 Å². The number of amides is 2. The van der Waals surface area contributed by atoms with Gasteiger partial charge >= 0.3 is 5.97 Å². The summed E-state index contributed by atoms with van der Waals surface area (Å²) in [6.07, 6.45) is 5.70. The Kier molecular flexibility index (Phi) is 7.92. The Balaban J connectivity index is 1.66. The van der Waals surface area contributed by atoms with Gasteiger partial charge in [-0.25, -0.2) is 4.79 Å². The van der Waals surface area contributed by atoms with Gasteiger partial charge in [0.15, 0.2) is 6.61 Å². The predicted octanol–water partition coefficient (Wildman–Crippen LogP) is 2.36. The Bertz CT molecular complexity index is 609. The molecule has 0 aliphatic heterocycles. The van der Waals surface area contributed by atoms with Crippen molar-refractivity contribution in [2.75, 3.05) is 13.2 Å². The summed E-state index contributed by atoms with van der Waals surface area (Å²) in [5, 5.41) is 0. The van der Waals surface area contributed by atoms with Crippen molar-refractivity contribution < 1.29 is 23.9 Å². The first-order valence-corrected chi connectivity index (χ1v) is 9.06. The molecule has 0 spiro atoms. The van der Waals surface area contributed by atoms with Gasteiger partial charge in [0, 0.05) is 6.42 Å². The zero-order chi connectivity index (χ0) is 18.8. The van der Waals surface area contributed by atoms with Gasteiger partial charge in [-0.15, -0.1) is 0 Å². The van der Waals surface area contributed by atoms with E-state index in [9.17, 15) is 14.4 Å². The number of nitrogens with one attached hydrogen (secondary N) is 2. The predicted molar refractivity (Wildman–Crippen MR) is 95.4 cm³/mol. The van der Waals surface area contributed by atoms with Gasteiger partial charge in [0.25, 0.3) is 5.91 Å². The van der Waals surface area contributed by atoms with Gasteiger partial charge in [0.2, 0.25) is 5.91 Å². The van der Waals surface area contributed by atoms with Gasteiger partial charge in [-0.2, -0.15) is 0 Å². The number of esters is 1. The Hall–Kier alpha value is -2.57. The zero-order valence-corrected chi connectivity index (χ0v) is 15.1. The summed E-state index contributed by atoms with van der Waals surface area (Å²) in [7, 11) is 0. The van der Waals surface area contributed by atoms with Crippen LogP contribution in [0, 0.1) is 5.92 Å². The van der Waals surface area contributed by atoms with Crippen LogP contribution in [0.2, 0.25) is 0 Å². The SMILES string of the molecule is CCCOC(=O)c1ccc(OCC(=O)NNC(=O)CC2CCCC2)cc1. The molecular formula is C19H26N2O5. The van der Waals surface area contributed by atoms with E-state index >= 15 is 0 Å². The number of carbonyl (C=O) groups is 3. The van der Waals surface area contributed by atoms with E-state index in [0.717, 1.165) is 19.3 Å². The monoisotopic (exact) mass is 362 g/mol. The van der Waals surface area contributed by atoms with Gasteiger partial charge in [0.1, 0.15) is 5.75 Å². The van der Waals surface area contributed by atoms with Gasteiger partial charge in [-0.1, -0.05) is 19.8 Å². The molecule has 142 valence electrons. The lowest BCUT2D eigenvalue weighted by atomic mass is 10.0. The largest absolute Gasteiger partial charge is 0.484 e. The number of benzene rings is 1. The molecule has 2 amide bonds. The van der Waals surface area contributed by atoms with Crippen LogP contribution in [0.3, 0.4) is 0 Å². The third-order valence-corrected chi connectivity index (χ3v) is 4.19. The first kappa shape index (κ1) is 19.8. The maximum atomic E-state index is 11.7. The molecule has 1 fully saturated rings. The Labute approximate surface area is 153 Å². The minimum Gasteiger partial charge on any atom is -0.484 e. The molecule has 1 aliphatic carbocycles. The summed E-state index contributed by atoms with van der Waals surface area (Å²) in [5.41, 5.74) is 5.18. The summed E-state index contributed by atoms with van der Waals surface area (Å²) >= 11 is 0. The second-order valence-electron chi connectivity index (χ2n) is 6.40. The lowest BCUT2D eigenvalue weighted by Gasteiger charge is -2.11. The summed E-state index contributed by atoms with van der Waals surface area (Å²) in [6, 6.07) is 6.34. The van der Waals surface area contributed by atoms with Crippen molar-refractivity contribution in [3.8, 4) is 5.75 Å². The Morgan fingerprint density at radius 3 is 2.35 bits per heavy atom. The lowest BCUT2D eigenvalue weighted by Crippen LogP contribution is -2.44. The van der Waals surface area contributed by atoms with E-state index in [2.05, 4.69) is 10.9 Å². The van der Waals surface area contributed by atoms with Gasteiger partial charge in [0.05, 0.1) is 12.2 Å². The van der Waals surface area contributed by atoms with Crippen LogP contribution < -0.4 is 15.6 Å². The minimum atomic E-state index is -0.448. The third kappa shape index (κ3) is 6.74. The number of carbonyl (C=O) groups excluding carboxylic acids is 3. The second-order valence-corrected chi connectivity index (χ2v) is 6.40. The molecule has 1 aliphatic rings. The fourth-order valence-electron chi connectivity index (χ4n) is 2.82. The number of hydrazine groups is 1. The van der Waals surface area contributed by atoms with Crippen LogP contribution in [-0.2, 0) is 14.3 Å². The molecule has 2 N–H and O–H groups in total. The van der Waals surface area contributed by atoms with E-state index in [1.165, 1.54) is 12.8 Å². The van der Waals surface area contributed by atoms with Crippen LogP contribution in [0.1, 0.15) is 55.8 Å². The van der Waals surface area contributed by atoms with Crippen molar-refractivity contribution in [1.82, 2.24) is 10.9 Å². The molecule has 26 heavy (non-hydrogen) atoms. The summed E-state index contributed by atoms with van der Waals surface area (Å²) in [5.74, 6) is -0.146. The molecule has 0 atom stereocenters. The molecule has 2 rings (SSSR count). The fourth-order valence-corrected chi connectivity index (χ4v) is 2.82. The maximum absolute atomic E-state index is 11.7. The van der Waals surface area contributed by atoms with Crippen molar-refractivity contribution in [2.45, 2.75) is 45.4 Å². The smallest absolute Gasteiger partial charge is 0.338 e. The maximum Gasteiger partial charge on any atom is 0.338 e. The van der Waals surface area contributed by atoms with Gasteiger partial charge in [-0.05, 0) is 49.4 Å². The van der Waals surface area contributed by atoms with E-state index in [-0.39, 0.29) is 18.5 Å². The van der Waals surface area contributed by atoms with Gasteiger partial charge < -0.3 is 9.47 Å². The molecule has 1 aromatic carbocycles. The highest BCUT2D eigenvalue weighted by atomic mass is 16.5. The molecule has 0 aromatic heterocycles. The molecule has 0 saturated heterocycles. The molecule has 0 heterocycles. The first-order valence-electron chi connectivity index (χ1n) is 9.06. The van der Waals surface area contributed by atoms with Crippen molar-refractivity contribution in [3.63, 3.8) is 0 Å². The summed E-state index contributed by atoms with van der Waals surface area (Å²) < 4.78 is 10.4. The minimum absolute atomic E-state index is 0.180. The quantitative estimate of drug-likeness (QED) is 0.547. The van der Waals surface area contributed by atoms with Crippen molar-refractivity contribution in [2.24, 2.45) is 5.92 Å². The van der Waals surface area contributed by atoms with E-state index in [1.54, 1.807) is 24.3 Å². The van der Waals surface area contributed by atoms with Gasteiger partial charge in [-0.3, -0.25) is 20.4 Å². The molecule has 1 saturated carbocycles. The van der Waals surface area contributed by atoms with E-state index in [0.29, 0.717) is 30.3 Å². The van der Waals surface area contributed by atoms with Crippen LogP contribution >= 0.6 is 0 Å². The van der Waals surface area contributed by atoms with Crippen molar-refractivity contribution in [3.05, 3.63) is 29.8 Å². The fraction of sp³-hybridized carbons (Fsp3) is 0.526. The average Bonchev–Trinajstić information content (AvgIpc) is 3.16. The van der Waals surface area contributed by atoms with Crippen LogP contribution in [0.25, 0.3) is 0 Å². The topological polar surface area (TPSA) is 93.7 Å². The van der Waals surface area contributed by atoms with E-state index in [1.807, 2.05) is 6.92 Å². The van der Waals surface area contributed by atoms with Crippen LogP contribution in [0.15, 0.2) is 24.3 Å². The van der Waals surface area contributed by atoms with Crippen molar-refractivity contribution >= 4 is 17.8 Å². The van der Waals surface area contributed by atoms with Crippen LogP contribution in [0.4, 0.5) is 0 Å². The number of hydrogen-bond donors (Lipinski definition) is 2. The standard InChI is InChI=1S/C19H26N2O5/c1-2-11-25-19(24)15-7-9-16(10-8-15)26-13-18(23)21-20-17(22)12-14-5-3-4-6-14/h7-10,14H,2-6,11-13H2,1H3,(H,20,22)(H,21,23). The molecule has 0 radical (unpaired) electrons. The average molecular weight is 362 g/mol. The summed E-state index contributed by atoms with van der Waals surface area (Å²) in [6.45, 7) is 2.07. The highest BCUT2D eigenvalue weighted by Gasteiger charge is 2.18. The van der Waals surface area contributed by atoms with E-state index in [4.69, 9.17) is 9.47 Å². The molecular weight excluding hydrogens is 336 g/mol. The molecule has 0 unspecified atom stereocenters. The Morgan fingerprint density at radius 1 is 1.04 bits per heavy atom. The molecule has 7 heteroatoms. The number of hydrogen-bond acceptors (Lipinski definition) is 5. The highest BCUT2D eigenvalue weighted by molar-refractivity contribution is 5.89. The Morgan fingerprint density at radius 2 is 1.69 bits per heavy atom. The summed E-state index contributed by atoms with van der Waals surface area (Å²) in [4.78, 5) is 35.2. The second kappa shape index (κ2) is 10.4. The lowest BCUT2D eigenvalue weighted by molar-refractivity contribution is -0.130. The van der Waals surface area contributed by atoms with Crippen LogP contribution in [0.5, 0.6) is 5.75 Å². The molecule has 1 aromatic rings. The highest BCUT2D eigenvalue weighted by Crippen LogP contribution is 2.27. The number of rotatable bonds is 8. The first-order chi connectivity index (χ1) is 12.6. The third-order valence-electron chi connectivity index (χ3n) is 4.19. The van der Waals surface area contributed by atoms with Crippen molar-refractivity contribution in [1.29, 1.82) is 0 Å². The van der Waals surface area contributed by atoms with Crippen LogP contribution in [-0.4, -0.2) is 31.0 Å². The zero-order valence-electron chi connectivity index (χ0n) is 15.1. The molecule has 0 bridgehead atoms. The number of ether oxygens (including phenoxy) is 2. The molecule has 7 nitrogen and oxygen atoms in total.